The number of aryl methyl sites for hydroxylation is 1. The van der Waals surface area contributed by atoms with Crippen LogP contribution in [0, 0.1) is 0 Å². The molecule has 1 N–H and O–H groups in total. The van der Waals surface area contributed by atoms with Crippen LogP contribution in [0.3, 0.4) is 0 Å². The Balaban J connectivity index is 2.07. The van der Waals surface area contributed by atoms with E-state index in [4.69, 9.17) is 0 Å². The third-order valence-corrected chi connectivity index (χ3v) is 4.42. The normalized spacial score (nSPS) is 20.5. The van der Waals surface area contributed by atoms with Crippen molar-refractivity contribution < 1.29 is 5.11 Å². The van der Waals surface area contributed by atoms with Crippen LogP contribution in [-0.4, -0.2) is 45.5 Å². The van der Waals surface area contributed by atoms with Gasteiger partial charge in [0, 0.05) is 24.7 Å². The Labute approximate surface area is 110 Å². The Kier molecular flexibility index (Phi) is 4.07. The fourth-order valence-corrected chi connectivity index (χ4v) is 3.16. The van der Waals surface area contributed by atoms with E-state index in [2.05, 4.69) is 31.0 Å². The number of aliphatic hydroxyl groups is 1. The minimum absolute atomic E-state index is 0.0334. The average molecular weight is 251 g/mol. The van der Waals surface area contributed by atoms with E-state index in [1.807, 2.05) is 17.1 Å². The highest BCUT2D eigenvalue weighted by Gasteiger charge is 2.42. The molecule has 1 fully saturated rings. The molecule has 1 aliphatic rings. The molecule has 1 heterocycles. The standard InChI is InChI=1S/C14H25N3O/c1-4-17-11-12(10-15-17)9-13(18)14(16(2)3)7-5-6-8-14/h10-11,13,18H,4-9H2,1-3H3. The molecule has 1 aliphatic carbocycles. The van der Waals surface area contributed by atoms with Crippen molar-refractivity contribution >= 4 is 0 Å². The highest BCUT2D eigenvalue weighted by Crippen LogP contribution is 2.37. The van der Waals surface area contributed by atoms with Gasteiger partial charge in [-0.3, -0.25) is 4.68 Å². The number of aromatic nitrogens is 2. The van der Waals surface area contributed by atoms with E-state index in [0.29, 0.717) is 6.42 Å². The lowest BCUT2D eigenvalue weighted by Gasteiger charge is -2.40. The molecule has 1 aromatic rings. The summed E-state index contributed by atoms with van der Waals surface area (Å²) < 4.78 is 1.92. The van der Waals surface area contributed by atoms with E-state index < -0.39 is 0 Å². The fraction of sp³-hybridized carbons (Fsp3) is 0.786. The second-order valence-electron chi connectivity index (χ2n) is 5.63. The van der Waals surface area contributed by atoms with Crippen molar-refractivity contribution in [3.05, 3.63) is 18.0 Å². The first-order chi connectivity index (χ1) is 8.58. The fourth-order valence-electron chi connectivity index (χ4n) is 3.16. The number of hydrogen-bond acceptors (Lipinski definition) is 3. The van der Waals surface area contributed by atoms with E-state index in [1.165, 1.54) is 12.8 Å². The highest BCUT2D eigenvalue weighted by molar-refractivity contribution is 5.10. The molecule has 1 saturated carbocycles. The Morgan fingerprint density at radius 3 is 2.61 bits per heavy atom. The summed E-state index contributed by atoms with van der Waals surface area (Å²) in [5.74, 6) is 0. The average Bonchev–Trinajstić information content (AvgIpc) is 2.97. The summed E-state index contributed by atoms with van der Waals surface area (Å²) in [6.07, 6.45) is 8.98. The maximum Gasteiger partial charge on any atom is 0.0765 e. The molecule has 18 heavy (non-hydrogen) atoms. The molecule has 1 unspecified atom stereocenters. The van der Waals surface area contributed by atoms with Gasteiger partial charge in [0.2, 0.25) is 0 Å². The van der Waals surface area contributed by atoms with Crippen molar-refractivity contribution in [2.24, 2.45) is 0 Å². The van der Waals surface area contributed by atoms with Crippen LogP contribution < -0.4 is 0 Å². The molecule has 0 bridgehead atoms. The van der Waals surface area contributed by atoms with Crippen molar-refractivity contribution in [3.63, 3.8) is 0 Å². The molecule has 0 saturated heterocycles. The minimum Gasteiger partial charge on any atom is -0.391 e. The molecule has 0 aromatic carbocycles. The van der Waals surface area contributed by atoms with E-state index in [-0.39, 0.29) is 11.6 Å². The second kappa shape index (κ2) is 5.41. The van der Waals surface area contributed by atoms with Crippen molar-refractivity contribution in [2.45, 2.75) is 57.2 Å². The molecule has 4 heteroatoms. The lowest BCUT2D eigenvalue weighted by atomic mass is 9.86. The molecule has 2 rings (SSSR count). The van der Waals surface area contributed by atoms with E-state index >= 15 is 0 Å². The monoisotopic (exact) mass is 251 g/mol. The number of aliphatic hydroxyl groups excluding tert-OH is 1. The van der Waals surface area contributed by atoms with Crippen LogP contribution in [0.15, 0.2) is 12.4 Å². The van der Waals surface area contributed by atoms with Gasteiger partial charge in [0.1, 0.15) is 0 Å². The van der Waals surface area contributed by atoms with Crippen LogP contribution in [0.4, 0.5) is 0 Å². The number of nitrogens with zero attached hydrogens (tertiary/aromatic N) is 3. The van der Waals surface area contributed by atoms with Crippen LogP contribution >= 0.6 is 0 Å². The van der Waals surface area contributed by atoms with E-state index in [1.54, 1.807) is 0 Å². The summed E-state index contributed by atoms with van der Waals surface area (Å²) in [6, 6.07) is 0. The summed E-state index contributed by atoms with van der Waals surface area (Å²) >= 11 is 0. The molecule has 1 atom stereocenters. The van der Waals surface area contributed by atoms with Gasteiger partial charge in [0.25, 0.3) is 0 Å². The van der Waals surface area contributed by atoms with E-state index in [0.717, 1.165) is 24.9 Å². The van der Waals surface area contributed by atoms with Crippen molar-refractivity contribution in [2.75, 3.05) is 14.1 Å². The van der Waals surface area contributed by atoms with Crippen LogP contribution in [0.1, 0.15) is 38.2 Å². The van der Waals surface area contributed by atoms with Crippen molar-refractivity contribution in [3.8, 4) is 0 Å². The topological polar surface area (TPSA) is 41.3 Å². The Morgan fingerprint density at radius 1 is 1.44 bits per heavy atom. The SMILES string of the molecule is CCn1cc(CC(O)C2(N(C)C)CCCC2)cn1. The van der Waals surface area contributed by atoms with Crippen molar-refractivity contribution in [1.29, 1.82) is 0 Å². The smallest absolute Gasteiger partial charge is 0.0765 e. The molecular formula is C14H25N3O. The van der Waals surface area contributed by atoms with Gasteiger partial charge in [-0.05, 0) is 39.4 Å². The van der Waals surface area contributed by atoms with Gasteiger partial charge < -0.3 is 10.0 Å². The van der Waals surface area contributed by atoms with Gasteiger partial charge in [-0.25, -0.2) is 0 Å². The predicted molar refractivity (Wildman–Crippen MR) is 72.5 cm³/mol. The molecule has 0 amide bonds. The summed E-state index contributed by atoms with van der Waals surface area (Å²) in [7, 11) is 4.17. The zero-order valence-corrected chi connectivity index (χ0v) is 11.8. The van der Waals surface area contributed by atoms with Gasteiger partial charge in [0.15, 0.2) is 0 Å². The summed E-state index contributed by atoms with van der Waals surface area (Å²) in [5.41, 5.74) is 1.10. The third kappa shape index (κ3) is 2.45. The first-order valence-corrected chi connectivity index (χ1v) is 6.95. The second-order valence-corrected chi connectivity index (χ2v) is 5.63. The molecule has 0 radical (unpaired) electrons. The van der Waals surface area contributed by atoms with Gasteiger partial charge in [-0.15, -0.1) is 0 Å². The van der Waals surface area contributed by atoms with Gasteiger partial charge in [0.05, 0.1) is 12.3 Å². The molecule has 4 nitrogen and oxygen atoms in total. The number of likely N-dealkylation sites (N-methyl/N-ethyl adjacent to an activating group) is 1. The largest absolute Gasteiger partial charge is 0.391 e. The maximum atomic E-state index is 10.6. The van der Waals surface area contributed by atoms with Gasteiger partial charge >= 0.3 is 0 Å². The molecule has 0 aliphatic heterocycles. The Hall–Kier alpha value is -0.870. The Bertz CT molecular complexity index is 380. The quantitative estimate of drug-likeness (QED) is 0.865. The van der Waals surface area contributed by atoms with Crippen LogP contribution in [0.2, 0.25) is 0 Å². The first kappa shape index (κ1) is 13.6. The molecule has 102 valence electrons. The lowest BCUT2D eigenvalue weighted by Crippen LogP contribution is -2.52. The van der Waals surface area contributed by atoms with E-state index in [9.17, 15) is 5.11 Å². The summed E-state index contributed by atoms with van der Waals surface area (Å²) in [5, 5.41) is 14.9. The first-order valence-electron chi connectivity index (χ1n) is 6.95. The summed E-state index contributed by atoms with van der Waals surface area (Å²) in [4.78, 5) is 2.22. The molecular weight excluding hydrogens is 226 g/mol. The molecule has 1 aromatic heterocycles. The van der Waals surface area contributed by atoms with Crippen LogP contribution in [0.25, 0.3) is 0 Å². The predicted octanol–water partition coefficient (Wildman–Crippen LogP) is 1.68. The van der Waals surface area contributed by atoms with Gasteiger partial charge in [-0.1, -0.05) is 12.8 Å². The molecule has 0 spiro atoms. The Morgan fingerprint density at radius 2 is 2.11 bits per heavy atom. The summed E-state index contributed by atoms with van der Waals surface area (Å²) in [6.45, 7) is 2.96. The van der Waals surface area contributed by atoms with Crippen LogP contribution in [0.5, 0.6) is 0 Å². The zero-order chi connectivity index (χ0) is 13.2. The lowest BCUT2D eigenvalue weighted by molar-refractivity contribution is -0.00251. The number of rotatable bonds is 5. The maximum absolute atomic E-state index is 10.6. The highest BCUT2D eigenvalue weighted by atomic mass is 16.3. The zero-order valence-electron chi connectivity index (χ0n) is 11.8. The third-order valence-electron chi connectivity index (χ3n) is 4.42. The van der Waals surface area contributed by atoms with Gasteiger partial charge in [-0.2, -0.15) is 5.10 Å². The number of hydrogen-bond donors (Lipinski definition) is 1. The van der Waals surface area contributed by atoms with Crippen molar-refractivity contribution in [1.82, 2.24) is 14.7 Å². The van der Waals surface area contributed by atoms with Crippen LogP contribution in [-0.2, 0) is 13.0 Å². The minimum atomic E-state index is -0.301.